The van der Waals surface area contributed by atoms with Crippen LogP contribution >= 0.6 is 0 Å². The first-order valence-corrected chi connectivity index (χ1v) is 8.25. The summed E-state index contributed by atoms with van der Waals surface area (Å²) in [4.78, 5) is 2.64. The molecule has 1 aromatic carbocycles. The van der Waals surface area contributed by atoms with Gasteiger partial charge in [-0.15, -0.1) is 0 Å². The van der Waals surface area contributed by atoms with Gasteiger partial charge in [-0.2, -0.15) is 0 Å². The van der Waals surface area contributed by atoms with Crippen LogP contribution in [-0.4, -0.2) is 43.3 Å². The summed E-state index contributed by atoms with van der Waals surface area (Å²) in [5, 5.41) is 3.70. The van der Waals surface area contributed by atoms with E-state index in [1.165, 1.54) is 37.9 Å². The predicted octanol–water partition coefficient (Wildman–Crippen LogP) is 2.17. The Morgan fingerprint density at radius 3 is 2.95 bits per heavy atom. The first kappa shape index (κ1) is 13.4. The van der Waals surface area contributed by atoms with Gasteiger partial charge in [-0.05, 0) is 25.3 Å². The smallest absolute Gasteiger partial charge is 0.165 e. The molecule has 0 bridgehead atoms. The zero-order valence-corrected chi connectivity index (χ0v) is 12.5. The molecule has 1 N–H and O–H groups in total. The largest absolute Gasteiger partial charge is 0.490 e. The lowest BCUT2D eigenvalue weighted by Gasteiger charge is -2.17. The third-order valence-corrected chi connectivity index (χ3v) is 4.72. The van der Waals surface area contributed by atoms with E-state index < -0.39 is 0 Å². The van der Waals surface area contributed by atoms with E-state index in [1.807, 2.05) is 6.07 Å². The molecule has 0 amide bonds. The second kappa shape index (κ2) is 5.85. The fraction of sp³-hybridized carbons (Fsp3) is 0.647. The van der Waals surface area contributed by atoms with Crippen molar-refractivity contribution in [1.82, 2.24) is 10.2 Å². The van der Waals surface area contributed by atoms with Crippen LogP contribution in [0.15, 0.2) is 18.2 Å². The summed E-state index contributed by atoms with van der Waals surface area (Å²) < 4.78 is 11.6. The van der Waals surface area contributed by atoms with Crippen molar-refractivity contribution in [2.24, 2.45) is 0 Å². The highest BCUT2D eigenvalue weighted by molar-refractivity contribution is 5.47. The van der Waals surface area contributed by atoms with Gasteiger partial charge in [-0.3, -0.25) is 4.90 Å². The van der Waals surface area contributed by atoms with Gasteiger partial charge in [0.2, 0.25) is 0 Å². The van der Waals surface area contributed by atoms with Gasteiger partial charge in [0.25, 0.3) is 0 Å². The summed E-state index contributed by atoms with van der Waals surface area (Å²) in [6.07, 6.45) is 5.04. The first-order chi connectivity index (χ1) is 10.4. The summed E-state index contributed by atoms with van der Waals surface area (Å²) >= 11 is 0. The number of likely N-dealkylation sites (tertiary alicyclic amines) is 1. The van der Waals surface area contributed by atoms with Crippen molar-refractivity contribution in [2.45, 2.75) is 44.3 Å². The van der Waals surface area contributed by atoms with Gasteiger partial charge >= 0.3 is 0 Å². The highest BCUT2D eigenvalue weighted by Gasteiger charge is 2.34. The average molecular weight is 288 g/mol. The van der Waals surface area contributed by atoms with Gasteiger partial charge in [0.15, 0.2) is 11.5 Å². The van der Waals surface area contributed by atoms with E-state index in [4.69, 9.17) is 9.47 Å². The number of benzene rings is 1. The number of nitrogens with one attached hydrogen (secondary N) is 1. The number of hydrogen-bond donors (Lipinski definition) is 1. The molecule has 2 fully saturated rings. The summed E-state index contributed by atoms with van der Waals surface area (Å²) in [5.74, 6) is 1.84. The summed E-state index contributed by atoms with van der Waals surface area (Å²) in [6.45, 7) is 4.84. The van der Waals surface area contributed by atoms with Crippen LogP contribution in [0.3, 0.4) is 0 Å². The molecule has 1 unspecified atom stereocenters. The van der Waals surface area contributed by atoms with Gasteiger partial charge in [0.1, 0.15) is 0 Å². The fourth-order valence-corrected chi connectivity index (χ4v) is 3.37. The van der Waals surface area contributed by atoms with Crippen LogP contribution < -0.4 is 14.8 Å². The van der Waals surface area contributed by atoms with Crippen molar-refractivity contribution in [3.05, 3.63) is 23.8 Å². The van der Waals surface area contributed by atoms with Crippen molar-refractivity contribution < 1.29 is 9.47 Å². The third kappa shape index (κ3) is 3.01. The monoisotopic (exact) mass is 288 g/mol. The van der Waals surface area contributed by atoms with Crippen molar-refractivity contribution in [3.63, 3.8) is 0 Å². The van der Waals surface area contributed by atoms with Gasteiger partial charge in [0.05, 0.1) is 13.2 Å². The third-order valence-electron chi connectivity index (χ3n) is 4.72. The van der Waals surface area contributed by atoms with Crippen LogP contribution in [0.2, 0.25) is 0 Å². The summed E-state index contributed by atoms with van der Waals surface area (Å²) in [6, 6.07) is 7.73. The SMILES string of the molecule is c1cc(CNC2CCN(C3CC3)C2)c2c(c1)OCCCO2. The second-order valence-electron chi connectivity index (χ2n) is 6.39. The van der Waals surface area contributed by atoms with E-state index in [9.17, 15) is 0 Å². The van der Waals surface area contributed by atoms with Crippen LogP contribution in [0.1, 0.15) is 31.2 Å². The molecule has 2 aliphatic heterocycles. The number of ether oxygens (including phenoxy) is 2. The number of hydrogen-bond acceptors (Lipinski definition) is 4. The molecule has 4 rings (SSSR count). The van der Waals surface area contributed by atoms with Gasteiger partial charge < -0.3 is 14.8 Å². The molecule has 3 aliphatic rings. The Balaban J connectivity index is 1.38. The van der Waals surface area contributed by atoms with E-state index in [0.29, 0.717) is 6.04 Å². The maximum Gasteiger partial charge on any atom is 0.165 e. The zero-order chi connectivity index (χ0) is 14.1. The van der Waals surface area contributed by atoms with E-state index in [0.717, 1.165) is 43.7 Å². The standard InChI is InChI=1S/C17H24N2O2/c1-3-13(17-16(4-1)20-9-2-10-21-17)11-18-14-7-8-19(12-14)15-5-6-15/h1,3-4,14-15,18H,2,5-12H2. The Hall–Kier alpha value is -1.26. The zero-order valence-electron chi connectivity index (χ0n) is 12.5. The average Bonchev–Trinajstić information content (AvgIpc) is 3.29. The summed E-state index contributed by atoms with van der Waals surface area (Å²) in [5.41, 5.74) is 1.22. The number of rotatable bonds is 4. The molecule has 1 aromatic rings. The number of fused-ring (bicyclic) bond motifs is 1. The van der Waals surface area contributed by atoms with Crippen molar-refractivity contribution in [1.29, 1.82) is 0 Å². The Morgan fingerprint density at radius 1 is 1.14 bits per heavy atom. The van der Waals surface area contributed by atoms with Crippen LogP contribution in [-0.2, 0) is 6.54 Å². The summed E-state index contributed by atoms with van der Waals surface area (Å²) in [7, 11) is 0. The van der Waals surface area contributed by atoms with Crippen LogP contribution in [0.5, 0.6) is 11.5 Å². The Labute approximate surface area is 126 Å². The topological polar surface area (TPSA) is 33.7 Å². The molecular formula is C17H24N2O2. The highest BCUT2D eigenvalue weighted by atomic mass is 16.5. The molecule has 0 spiro atoms. The molecule has 1 saturated heterocycles. The van der Waals surface area contributed by atoms with Crippen LogP contribution in [0, 0.1) is 0 Å². The molecule has 0 radical (unpaired) electrons. The lowest BCUT2D eigenvalue weighted by molar-refractivity contribution is 0.295. The maximum absolute atomic E-state index is 5.89. The molecule has 1 aliphatic carbocycles. The minimum Gasteiger partial charge on any atom is -0.490 e. The lowest BCUT2D eigenvalue weighted by Crippen LogP contribution is -2.33. The van der Waals surface area contributed by atoms with Gasteiger partial charge in [-0.25, -0.2) is 0 Å². The maximum atomic E-state index is 5.89. The van der Waals surface area contributed by atoms with Gasteiger partial charge in [0, 0.05) is 43.7 Å². The molecular weight excluding hydrogens is 264 g/mol. The minimum absolute atomic E-state index is 0.619. The number of para-hydroxylation sites is 1. The number of nitrogens with zero attached hydrogens (tertiary/aromatic N) is 1. The van der Waals surface area contributed by atoms with E-state index in [1.54, 1.807) is 0 Å². The van der Waals surface area contributed by atoms with Crippen LogP contribution in [0.4, 0.5) is 0 Å². The molecule has 4 nitrogen and oxygen atoms in total. The molecule has 1 atom stereocenters. The molecule has 4 heteroatoms. The Morgan fingerprint density at radius 2 is 2.05 bits per heavy atom. The highest BCUT2D eigenvalue weighted by Crippen LogP contribution is 2.33. The quantitative estimate of drug-likeness (QED) is 0.921. The minimum atomic E-state index is 0.619. The van der Waals surface area contributed by atoms with Gasteiger partial charge in [-0.1, -0.05) is 12.1 Å². The molecule has 21 heavy (non-hydrogen) atoms. The van der Waals surface area contributed by atoms with E-state index in [2.05, 4.69) is 22.3 Å². The molecule has 1 saturated carbocycles. The second-order valence-corrected chi connectivity index (χ2v) is 6.39. The normalized spacial score (nSPS) is 25.8. The molecule has 114 valence electrons. The molecule has 0 aromatic heterocycles. The molecule has 2 heterocycles. The van der Waals surface area contributed by atoms with Crippen molar-refractivity contribution in [3.8, 4) is 11.5 Å². The van der Waals surface area contributed by atoms with Crippen molar-refractivity contribution in [2.75, 3.05) is 26.3 Å². The fourth-order valence-electron chi connectivity index (χ4n) is 3.37. The van der Waals surface area contributed by atoms with E-state index in [-0.39, 0.29) is 0 Å². The predicted molar refractivity (Wildman–Crippen MR) is 81.9 cm³/mol. The Bertz CT molecular complexity index is 502. The Kier molecular flexibility index (Phi) is 3.74. The van der Waals surface area contributed by atoms with E-state index >= 15 is 0 Å². The lowest BCUT2D eigenvalue weighted by atomic mass is 10.1. The van der Waals surface area contributed by atoms with Crippen molar-refractivity contribution >= 4 is 0 Å². The first-order valence-electron chi connectivity index (χ1n) is 8.25. The van der Waals surface area contributed by atoms with Crippen LogP contribution in [0.25, 0.3) is 0 Å².